The van der Waals surface area contributed by atoms with Gasteiger partial charge in [0.2, 0.25) is 0 Å². The van der Waals surface area contributed by atoms with E-state index >= 15 is 0 Å². The topological polar surface area (TPSA) is 42.0 Å². The van der Waals surface area contributed by atoms with Gasteiger partial charge in [0, 0.05) is 11.1 Å². The van der Waals surface area contributed by atoms with Gasteiger partial charge in [-0.05, 0) is 26.3 Å². The fourth-order valence-electron chi connectivity index (χ4n) is 1.88. The maximum atomic E-state index is 11.9. The molecule has 1 unspecified atom stereocenters. The Morgan fingerprint density at radius 3 is 3.13 bits per heavy atom. The number of nitrogens with one attached hydrogen (secondary N) is 1. The third-order valence-corrected chi connectivity index (χ3v) is 3.66. The summed E-state index contributed by atoms with van der Waals surface area (Å²) in [7, 11) is 0. The number of carbonyl (C=O) groups excluding carboxylic acids is 1. The number of ketones is 1. The van der Waals surface area contributed by atoms with Crippen LogP contribution in [0.4, 0.5) is 0 Å². The van der Waals surface area contributed by atoms with Crippen LogP contribution in [0.3, 0.4) is 0 Å². The van der Waals surface area contributed by atoms with Crippen LogP contribution in [0.25, 0.3) is 0 Å². The second kappa shape index (κ2) is 4.86. The zero-order valence-electron chi connectivity index (χ0n) is 8.95. The molecule has 1 N–H and O–H groups in total. The minimum absolute atomic E-state index is 0.0722. The van der Waals surface area contributed by atoms with Crippen LogP contribution in [0.1, 0.15) is 30.0 Å². The van der Waals surface area contributed by atoms with Gasteiger partial charge < -0.3 is 5.32 Å². The maximum absolute atomic E-state index is 11.9. The van der Waals surface area contributed by atoms with Crippen LogP contribution in [0.15, 0.2) is 5.38 Å². The average molecular weight is 224 g/mol. The Kier molecular flexibility index (Phi) is 3.49. The van der Waals surface area contributed by atoms with Crippen molar-refractivity contribution in [1.82, 2.24) is 10.3 Å². The first-order valence-corrected chi connectivity index (χ1v) is 6.31. The molecular formula is C11H16N2OS. The van der Waals surface area contributed by atoms with E-state index in [1.165, 1.54) is 12.8 Å². The van der Waals surface area contributed by atoms with Crippen molar-refractivity contribution in [3.63, 3.8) is 0 Å². The summed E-state index contributed by atoms with van der Waals surface area (Å²) >= 11 is 1.58. The molecule has 82 valence electrons. The molecule has 1 aliphatic heterocycles. The van der Waals surface area contributed by atoms with Gasteiger partial charge in [-0.25, -0.2) is 4.98 Å². The van der Waals surface area contributed by atoms with Crippen LogP contribution in [0, 0.1) is 6.92 Å². The van der Waals surface area contributed by atoms with Crippen molar-refractivity contribution < 1.29 is 4.79 Å². The number of hydrogen-bond acceptors (Lipinski definition) is 4. The maximum Gasteiger partial charge on any atom is 0.156 e. The number of aryl methyl sites for hydroxylation is 1. The van der Waals surface area contributed by atoms with Crippen molar-refractivity contribution in [2.45, 2.75) is 38.6 Å². The highest BCUT2D eigenvalue weighted by molar-refractivity contribution is 7.09. The van der Waals surface area contributed by atoms with Crippen molar-refractivity contribution in [2.24, 2.45) is 0 Å². The summed E-state index contributed by atoms with van der Waals surface area (Å²) in [5.41, 5.74) is 1.01. The van der Waals surface area contributed by atoms with Gasteiger partial charge in [-0.3, -0.25) is 4.79 Å². The molecule has 1 aromatic rings. The number of Topliss-reactive ketones (excluding diaryl/α,β-unsaturated/α-hetero) is 1. The van der Waals surface area contributed by atoms with Gasteiger partial charge in [-0.2, -0.15) is 0 Å². The summed E-state index contributed by atoms with van der Waals surface area (Å²) in [4.78, 5) is 16.2. The van der Waals surface area contributed by atoms with E-state index in [0.717, 1.165) is 23.7 Å². The van der Waals surface area contributed by atoms with E-state index in [0.29, 0.717) is 12.2 Å². The number of thiazole rings is 1. The Labute approximate surface area is 93.9 Å². The molecule has 0 spiro atoms. The lowest BCUT2D eigenvalue weighted by molar-refractivity contribution is -0.120. The van der Waals surface area contributed by atoms with Crippen molar-refractivity contribution in [2.75, 3.05) is 6.54 Å². The SMILES string of the molecule is Cc1csc(CC(=O)C2CCCCN2)n1. The monoisotopic (exact) mass is 224 g/mol. The van der Waals surface area contributed by atoms with Gasteiger partial charge in [0.25, 0.3) is 0 Å². The van der Waals surface area contributed by atoms with E-state index in [-0.39, 0.29) is 6.04 Å². The molecule has 1 fully saturated rings. The smallest absolute Gasteiger partial charge is 0.156 e. The Morgan fingerprint density at radius 2 is 2.53 bits per heavy atom. The normalized spacial score (nSPS) is 21.5. The van der Waals surface area contributed by atoms with E-state index in [1.54, 1.807) is 11.3 Å². The standard InChI is InChI=1S/C11H16N2OS/c1-8-7-15-11(13-8)6-10(14)9-4-2-3-5-12-9/h7,9,12H,2-6H2,1H3. The molecule has 3 nitrogen and oxygen atoms in total. The molecule has 15 heavy (non-hydrogen) atoms. The molecule has 4 heteroatoms. The van der Waals surface area contributed by atoms with Gasteiger partial charge >= 0.3 is 0 Å². The second-order valence-corrected chi connectivity index (χ2v) is 4.97. The van der Waals surface area contributed by atoms with E-state index in [1.807, 2.05) is 12.3 Å². The number of hydrogen-bond donors (Lipinski definition) is 1. The third-order valence-electron chi connectivity index (χ3n) is 2.69. The van der Waals surface area contributed by atoms with Crippen molar-refractivity contribution >= 4 is 17.1 Å². The first kappa shape index (κ1) is 10.8. The molecule has 0 amide bonds. The van der Waals surface area contributed by atoms with Crippen LogP contribution in [-0.2, 0) is 11.2 Å². The van der Waals surface area contributed by atoms with E-state index in [9.17, 15) is 4.79 Å². The van der Waals surface area contributed by atoms with Gasteiger partial charge in [0.15, 0.2) is 5.78 Å². The Bertz CT molecular complexity index is 342. The fraction of sp³-hybridized carbons (Fsp3) is 0.636. The van der Waals surface area contributed by atoms with Crippen LogP contribution >= 0.6 is 11.3 Å². The molecule has 0 saturated carbocycles. The Morgan fingerprint density at radius 1 is 1.67 bits per heavy atom. The molecule has 1 aromatic heterocycles. The Balaban J connectivity index is 1.91. The highest BCUT2D eigenvalue weighted by Gasteiger charge is 2.21. The Hall–Kier alpha value is -0.740. The highest BCUT2D eigenvalue weighted by Crippen LogP contribution is 2.13. The zero-order chi connectivity index (χ0) is 10.7. The number of aromatic nitrogens is 1. The van der Waals surface area contributed by atoms with E-state index < -0.39 is 0 Å². The predicted octanol–water partition coefficient (Wildman–Crippen LogP) is 1.71. The third kappa shape index (κ3) is 2.86. The first-order chi connectivity index (χ1) is 7.25. The quantitative estimate of drug-likeness (QED) is 0.849. The van der Waals surface area contributed by atoms with Gasteiger partial charge in [0.05, 0.1) is 12.5 Å². The lowest BCUT2D eigenvalue weighted by Crippen LogP contribution is -2.41. The minimum Gasteiger partial charge on any atom is -0.307 e. The number of carbonyl (C=O) groups is 1. The van der Waals surface area contributed by atoms with Crippen LogP contribution in [-0.4, -0.2) is 23.4 Å². The lowest BCUT2D eigenvalue weighted by atomic mass is 10.00. The van der Waals surface area contributed by atoms with Gasteiger partial charge in [0.1, 0.15) is 5.01 Å². The molecule has 1 atom stereocenters. The molecule has 0 aliphatic carbocycles. The molecule has 1 saturated heterocycles. The van der Waals surface area contributed by atoms with Crippen molar-refractivity contribution in [3.05, 3.63) is 16.1 Å². The van der Waals surface area contributed by atoms with Crippen LogP contribution in [0.2, 0.25) is 0 Å². The predicted molar refractivity (Wildman–Crippen MR) is 61.2 cm³/mol. The molecule has 1 aliphatic rings. The number of nitrogens with zero attached hydrogens (tertiary/aromatic N) is 1. The van der Waals surface area contributed by atoms with E-state index in [4.69, 9.17) is 0 Å². The second-order valence-electron chi connectivity index (χ2n) is 4.03. The summed E-state index contributed by atoms with van der Waals surface area (Å²) in [5.74, 6) is 0.295. The molecular weight excluding hydrogens is 208 g/mol. The summed E-state index contributed by atoms with van der Waals surface area (Å²) < 4.78 is 0. The van der Waals surface area contributed by atoms with Crippen molar-refractivity contribution in [3.8, 4) is 0 Å². The van der Waals surface area contributed by atoms with Crippen molar-refractivity contribution in [1.29, 1.82) is 0 Å². The average Bonchev–Trinajstić information content (AvgIpc) is 2.65. The molecule has 0 bridgehead atoms. The minimum atomic E-state index is 0.0722. The van der Waals surface area contributed by atoms with Gasteiger partial charge in [-0.1, -0.05) is 6.42 Å². The van der Waals surface area contributed by atoms with Crippen LogP contribution in [0.5, 0.6) is 0 Å². The summed E-state index contributed by atoms with van der Waals surface area (Å²) in [6.07, 6.45) is 3.85. The number of piperidine rings is 1. The largest absolute Gasteiger partial charge is 0.307 e. The first-order valence-electron chi connectivity index (χ1n) is 5.43. The highest BCUT2D eigenvalue weighted by atomic mass is 32.1. The van der Waals surface area contributed by atoms with Gasteiger partial charge in [-0.15, -0.1) is 11.3 Å². The molecule has 2 heterocycles. The molecule has 0 aromatic carbocycles. The molecule has 0 radical (unpaired) electrons. The summed E-state index contributed by atoms with van der Waals surface area (Å²) in [5, 5.41) is 6.22. The van der Waals surface area contributed by atoms with Crippen LogP contribution < -0.4 is 5.32 Å². The number of rotatable bonds is 3. The molecule has 2 rings (SSSR count). The zero-order valence-corrected chi connectivity index (χ0v) is 9.77. The lowest BCUT2D eigenvalue weighted by Gasteiger charge is -2.21. The van der Waals surface area contributed by atoms with E-state index in [2.05, 4.69) is 10.3 Å². The fourth-order valence-corrected chi connectivity index (χ4v) is 2.66. The summed E-state index contributed by atoms with van der Waals surface area (Å²) in [6, 6.07) is 0.0722. The summed E-state index contributed by atoms with van der Waals surface area (Å²) in [6.45, 7) is 2.94.